The Balaban J connectivity index is 2.48. The van der Waals surface area contributed by atoms with Gasteiger partial charge in [-0.1, -0.05) is 20.8 Å². The van der Waals surface area contributed by atoms with E-state index in [9.17, 15) is 19.7 Å². The van der Waals surface area contributed by atoms with Crippen LogP contribution in [0, 0.1) is 10.1 Å². The van der Waals surface area contributed by atoms with Crippen LogP contribution in [0.4, 0.5) is 5.82 Å². The third kappa shape index (κ3) is 2.93. The Labute approximate surface area is 134 Å². The van der Waals surface area contributed by atoms with E-state index in [1.54, 1.807) is 13.8 Å². The van der Waals surface area contributed by atoms with Crippen LogP contribution in [-0.4, -0.2) is 45.2 Å². The molecular formula is C15H22N4O4. The number of amides is 2. The van der Waals surface area contributed by atoms with E-state index in [2.05, 4.69) is 10.3 Å². The number of carbonyl (C=O) groups excluding carboxylic acids is 2. The molecule has 126 valence electrons. The van der Waals surface area contributed by atoms with Crippen molar-refractivity contribution in [2.45, 2.75) is 45.6 Å². The van der Waals surface area contributed by atoms with E-state index in [0.29, 0.717) is 18.8 Å². The summed E-state index contributed by atoms with van der Waals surface area (Å²) in [6, 6.07) is 1.52. The number of aromatic nitrogens is 1. The number of H-pyrrole nitrogens is 1. The zero-order valence-electron chi connectivity index (χ0n) is 14.0. The molecule has 0 unspecified atom stereocenters. The van der Waals surface area contributed by atoms with Gasteiger partial charge in [0.15, 0.2) is 0 Å². The molecule has 0 spiro atoms. The molecule has 1 aliphatic heterocycles. The number of nitrogens with zero attached hydrogens (tertiary/aromatic N) is 2. The van der Waals surface area contributed by atoms with Gasteiger partial charge in [0.05, 0.1) is 0 Å². The van der Waals surface area contributed by atoms with Crippen molar-refractivity contribution in [3.63, 3.8) is 0 Å². The first kappa shape index (κ1) is 17.0. The summed E-state index contributed by atoms with van der Waals surface area (Å²) in [4.78, 5) is 39.7. The van der Waals surface area contributed by atoms with Crippen LogP contribution in [0.25, 0.3) is 0 Å². The summed E-state index contributed by atoms with van der Waals surface area (Å²) in [5, 5.41) is 14.0. The van der Waals surface area contributed by atoms with E-state index < -0.39 is 16.4 Å². The maximum absolute atomic E-state index is 12.8. The molecule has 0 bridgehead atoms. The Morgan fingerprint density at radius 2 is 2.00 bits per heavy atom. The summed E-state index contributed by atoms with van der Waals surface area (Å²) in [5.74, 6) is -1.11. The summed E-state index contributed by atoms with van der Waals surface area (Å²) >= 11 is 0. The summed E-state index contributed by atoms with van der Waals surface area (Å²) in [7, 11) is 0. The number of nitrogens with one attached hydrogen (secondary N) is 2. The van der Waals surface area contributed by atoms with Gasteiger partial charge < -0.3 is 20.3 Å². The zero-order valence-corrected chi connectivity index (χ0v) is 14.0. The van der Waals surface area contributed by atoms with Crippen molar-refractivity contribution in [1.29, 1.82) is 0 Å². The maximum Gasteiger partial charge on any atom is 0.333 e. The summed E-state index contributed by atoms with van der Waals surface area (Å²) in [6.45, 7) is 9.59. The van der Waals surface area contributed by atoms with Gasteiger partial charge in [0, 0.05) is 24.6 Å². The predicted octanol–water partition coefficient (Wildman–Crippen LogP) is 1.57. The van der Waals surface area contributed by atoms with Gasteiger partial charge in [0.25, 0.3) is 5.91 Å². The second-order valence-electron chi connectivity index (χ2n) is 7.22. The maximum atomic E-state index is 12.8. The molecule has 2 amide bonds. The van der Waals surface area contributed by atoms with E-state index in [0.717, 1.165) is 0 Å². The summed E-state index contributed by atoms with van der Waals surface area (Å²) in [6.07, 6.45) is 0. The lowest BCUT2D eigenvalue weighted by atomic mass is 9.92. The van der Waals surface area contributed by atoms with E-state index >= 15 is 0 Å². The smallest absolute Gasteiger partial charge is 0.333 e. The van der Waals surface area contributed by atoms with Gasteiger partial charge >= 0.3 is 5.82 Å². The second kappa shape index (κ2) is 5.36. The normalized spacial score (nSPS) is 17.8. The molecule has 1 fully saturated rings. The topological polar surface area (TPSA) is 108 Å². The molecule has 1 aromatic rings. The SMILES string of the molecule is CC(C)(C)c1cc(C(=O)N2CCNC(=O)C2(C)C)c([N+](=O)[O-])[nH]1. The fourth-order valence-corrected chi connectivity index (χ4v) is 2.56. The fourth-order valence-electron chi connectivity index (χ4n) is 2.56. The van der Waals surface area contributed by atoms with Crippen molar-refractivity contribution in [1.82, 2.24) is 15.2 Å². The standard InChI is InChI=1S/C15H22N4O4/c1-14(2,3)10-8-9(11(17-10)19(22)23)12(20)18-7-6-16-13(21)15(18,4)5/h8,17H,6-7H2,1-5H3,(H,16,21). The highest BCUT2D eigenvalue weighted by molar-refractivity contribution is 6.02. The third-order valence-corrected chi connectivity index (χ3v) is 4.11. The Hall–Kier alpha value is -2.38. The van der Waals surface area contributed by atoms with E-state index in [4.69, 9.17) is 0 Å². The first-order valence-corrected chi connectivity index (χ1v) is 7.44. The van der Waals surface area contributed by atoms with Gasteiger partial charge in [-0.3, -0.25) is 9.59 Å². The number of nitro groups is 1. The molecule has 1 saturated heterocycles. The van der Waals surface area contributed by atoms with Crippen molar-refractivity contribution >= 4 is 17.6 Å². The molecule has 8 nitrogen and oxygen atoms in total. The van der Waals surface area contributed by atoms with Gasteiger partial charge in [0.1, 0.15) is 16.8 Å². The number of hydrogen-bond acceptors (Lipinski definition) is 4. The van der Waals surface area contributed by atoms with Gasteiger partial charge in [0.2, 0.25) is 5.91 Å². The molecule has 23 heavy (non-hydrogen) atoms. The summed E-state index contributed by atoms with van der Waals surface area (Å²) in [5.41, 5.74) is -0.824. The number of aromatic amines is 1. The van der Waals surface area contributed by atoms with E-state index in [-0.39, 0.29) is 22.7 Å². The Bertz CT molecular complexity index is 670. The Morgan fingerprint density at radius 3 is 2.52 bits per heavy atom. The van der Waals surface area contributed by atoms with Crippen molar-refractivity contribution < 1.29 is 14.5 Å². The molecule has 0 aliphatic carbocycles. The number of carbonyl (C=O) groups is 2. The van der Waals surface area contributed by atoms with Crippen molar-refractivity contribution in [3.05, 3.63) is 27.4 Å². The lowest BCUT2D eigenvalue weighted by Crippen LogP contribution is -2.63. The molecular weight excluding hydrogens is 300 g/mol. The highest BCUT2D eigenvalue weighted by Gasteiger charge is 2.43. The van der Waals surface area contributed by atoms with Crippen LogP contribution in [0.5, 0.6) is 0 Å². The molecule has 2 N–H and O–H groups in total. The van der Waals surface area contributed by atoms with Crippen LogP contribution in [0.15, 0.2) is 6.07 Å². The molecule has 0 aromatic carbocycles. The van der Waals surface area contributed by atoms with Gasteiger partial charge in [-0.15, -0.1) is 0 Å². The lowest BCUT2D eigenvalue weighted by Gasteiger charge is -2.40. The van der Waals surface area contributed by atoms with Crippen molar-refractivity contribution in [2.24, 2.45) is 0 Å². The highest BCUT2D eigenvalue weighted by atomic mass is 16.6. The lowest BCUT2D eigenvalue weighted by molar-refractivity contribution is -0.389. The van der Waals surface area contributed by atoms with Crippen LogP contribution < -0.4 is 5.32 Å². The first-order chi connectivity index (χ1) is 10.5. The van der Waals surface area contributed by atoms with Crippen molar-refractivity contribution in [3.8, 4) is 0 Å². The van der Waals surface area contributed by atoms with Crippen LogP contribution in [-0.2, 0) is 10.2 Å². The molecule has 0 radical (unpaired) electrons. The van der Waals surface area contributed by atoms with Crippen LogP contribution >= 0.6 is 0 Å². The highest BCUT2D eigenvalue weighted by Crippen LogP contribution is 2.30. The molecule has 8 heteroatoms. The average molecular weight is 322 g/mol. The third-order valence-electron chi connectivity index (χ3n) is 4.11. The number of piperazine rings is 1. The fraction of sp³-hybridized carbons (Fsp3) is 0.600. The zero-order chi connectivity index (χ0) is 17.6. The molecule has 0 atom stereocenters. The minimum Gasteiger partial charge on any atom is -0.358 e. The van der Waals surface area contributed by atoms with E-state index in [1.807, 2.05) is 20.8 Å². The Kier molecular flexibility index (Phi) is 3.96. The minimum atomic E-state index is -1.05. The molecule has 2 heterocycles. The molecule has 2 rings (SSSR count). The van der Waals surface area contributed by atoms with Crippen molar-refractivity contribution in [2.75, 3.05) is 13.1 Å². The molecule has 1 aliphatic rings. The molecule has 0 saturated carbocycles. The van der Waals surface area contributed by atoms with Crippen LogP contribution in [0.2, 0.25) is 0 Å². The second-order valence-corrected chi connectivity index (χ2v) is 7.22. The van der Waals surface area contributed by atoms with E-state index in [1.165, 1.54) is 11.0 Å². The summed E-state index contributed by atoms with van der Waals surface area (Å²) < 4.78 is 0. The number of rotatable bonds is 2. The van der Waals surface area contributed by atoms with Gasteiger partial charge in [-0.25, -0.2) is 4.98 Å². The monoisotopic (exact) mass is 322 g/mol. The van der Waals surface area contributed by atoms with Crippen LogP contribution in [0.1, 0.15) is 50.7 Å². The predicted molar refractivity (Wildman–Crippen MR) is 84.3 cm³/mol. The number of hydrogen-bond donors (Lipinski definition) is 2. The quantitative estimate of drug-likeness (QED) is 0.636. The minimum absolute atomic E-state index is 0.0114. The first-order valence-electron chi connectivity index (χ1n) is 7.44. The van der Waals surface area contributed by atoms with Gasteiger partial charge in [-0.2, -0.15) is 0 Å². The average Bonchev–Trinajstić information content (AvgIpc) is 2.86. The molecule has 1 aromatic heterocycles. The van der Waals surface area contributed by atoms with Crippen LogP contribution in [0.3, 0.4) is 0 Å². The van der Waals surface area contributed by atoms with Gasteiger partial charge in [-0.05, 0) is 18.8 Å². The Morgan fingerprint density at radius 1 is 1.39 bits per heavy atom. The largest absolute Gasteiger partial charge is 0.358 e.